The van der Waals surface area contributed by atoms with Gasteiger partial charge in [0, 0.05) is 22.0 Å². The maximum atomic E-state index is 11.8. The summed E-state index contributed by atoms with van der Waals surface area (Å²) in [5.74, 6) is 0.316. The van der Waals surface area contributed by atoms with E-state index in [1.54, 1.807) is 6.20 Å². The van der Waals surface area contributed by atoms with E-state index in [2.05, 4.69) is 26.2 Å². The Hall–Kier alpha value is -1.42. The SMILES string of the molecule is O=C(Nc1ccc(Br)c2cccnc12)C1CC1. The highest BCUT2D eigenvalue weighted by atomic mass is 79.9. The van der Waals surface area contributed by atoms with E-state index < -0.39 is 0 Å². The molecule has 1 heterocycles. The minimum atomic E-state index is 0.110. The van der Waals surface area contributed by atoms with Gasteiger partial charge in [-0.2, -0.15) is 0 Å². The third kappa shape index (κ3) is 2.05. The molecule has 3 rings (SSSR count). The zero-order valence-electron chi connectivity index (χ0n) is 9.11. The number of aromatic nitrogens is 1. The lowest BCUT2D eigenvalue weighted by Crippen LogP contribution is -2.13. The molecule has 1 N–H and O–H groups in total. The van der Waals surface area contributed by atoms with Gasteiger partial charge < -0.3 is 5.32 Å². The Morgan fingerprint density at radius 1 is 1.35 bits per heavy atom. The van der Waals surface area contributed by atoms with Crippen LogP contribution in [0.5, 0.6) is 0 Å². The van der Waals surface area contributed by atoms with Gasteiger partial charge in [0.1, 0.15) is 0 Å². The molecular formula is C13H11BrN2O. The number of amides is 1. The second-order valence-electron chi connectivity index (χ2n) is 4.26. The Morgan fingerprint density at radius 3 is 2.94 bits per heavy atom. The van der Waals surface area contributed by atoms with Crippen molar-refractivity contribution in [3.05, 3.63) is 34.9 Å². The van der Waals surface area contributed by atoms with Crippen molar-refractivity contribution < 1.29 is 4.79 Å². The second-order valence-corrected chi connectivity index (χ2v) is 5.11. The molecule has 1 saturated carbocycles. The van der Waals surface area contributed by atoms with Gasteiger partial charge in [0.15, 0.2) is 0 Å². The highest BCUT2D eigenvalue weighted by molar-refractivity contribution is 9.10. The summed E-state index contributed by atoms with van der Waals surface area (Å²) in [7, 11) is 0. The summed E-state index contributed by atoms with van der Waals surface area (Å²) in [5, 5.41) is 3.97. The molecule has 0 atom stereocenters. The lowest BCUT2D eigenvalue weighted by Gasteiger charge is -2.08. The Bertz CT molecular complexity index is 593. The van der Waals surface area contributed by atoms with E-state index in [-0.39, 0.29) is 11.8 Å². The van der Waals surface area contributed by atoms with Gasteiger partial charge in [-0.05, 0) is 31.0 Å². The summed E-state index contributed by atoms with van der Waals surface area (Å²) in [5.41, 5.74) is 1.62. The summed E-state index contributed by atoms with van der Waals surface area (Å²) >= 11 is 3.49. The number of anilines is 1. The number of fused-ring (bicyclic) bond motifs is 1. The van der Waals surface area contributed by atoms with Crippen molar-refractivity contribution >= 4 is 38.4 Å². The number of rotatable bonds is 2. The van der Waals surface area contributed by atoms with Crippen LogP contribution in [0.15, 0.2) is 34.9 Å². The summed E-state index contributed by atoms with van der Waals surface area (Å²) < 4.78 is 0.991. The van der Waals surface area contributed by atoms with Crippen molar-refractivity contribution in [2.45, 2.75) is 12.8 Å². The van der Waals surface area contributed by atoms with Gasteiger partial charge in [0.2, 0.25) is 5.91 Å². The Kier molecular flexibility index (Phi) is 2.59. The van der Waals surface area contributed by atoms with E-state index in [4.69, 9.17) is 0 Å². The van der Waals surface area contributed by atoms with E-state index in [1.165, 1.54) is 0 Å². The Balaban J connectivity index is 2.03. The maximum Gasteiger partial charge on any atom is 0.227 e. The van der Waals surface area contributed by atoms with Crippen molar-refractivity contribution in [3.63, 3.8) is 0 Å². The van der Waals surface area contributed by atoms with Crippen molar-refractivity contribution in [1.29, 1.82) is 0 Å². The van der Waals surface area contributed by atoms with Gasteiger partial charge >= 0.3 is 0 Å². The minimum absolute atomic E-state index is 0.110. The fourth-order valence-electron chi connectivity index (χ4n) is 1.82. The van der Waals surface area contributed by atoms with Gasteiger partial charge in [-0.25, -0.2) is 0 Å². The minimum Gasteiger partial charge on any atom is -0.324 e. The molecule has 2 aromatic rings. The highest BCUT2D eigenvalue weighted by Crippen LogP contribution is 2.32. The number of nitrogens with one attached hydrogen (secondary N) is 1. The number of hydrogen-bond acceptors (Lipinski definition) is 2. The van der Waals surface area contributed by atoms with Crippen LogP contribution in [0, 0.1) is 5.92 Å². The second kappa shape index (κ2) is 4.11. The number of benzene rings is 1. The number of pyridine rings is 1. The molecule has 0 unspecified atom stereocenters. The molecule has 0 bridgehead atoms. The summed E-state index contributed by atoms with van der Waals surface area (Å²) in [6.45, 7) is 0. The number of carbonyl (C=O) groups is 1. The van der Waals surface area contributed by atoms with Crippen LogP contribution in [0.1, 0.15) is 12.8 Å². The molecule has 0 spiro atoms. The molecule has 4 heteroatoms. The fraction of sp³-hybridized carbons (Fsp3) is 0.231. The van der Waals surface area contributed by atoms with Gasteiger partial charge in [-0.3, -0.25) is 9.78 Å². The molecule has 1 amide bonds. The monoisotopic (exact) mass is 290 g/mol. The van der Waals surface area contributed by atoms with Crippen LogP contribution in [0.4, 0.5) is 5.69 Å². The molecule has 1 aliphatic carbocycles. The number of hydrogen-bond donors (Lipinski definition) is 1. The van der Waals surface area contributed by atoms with Gasteiger partial charge in [0.05, 0.1) is 11.2 Å². The predicted molar refractivity (Wildman–Crippen MR) is 70.8 cm³/mol. The third-order valence-corrected chi connectivity index (χ3v) is 3.61. The van der Waals surface area contributed by atoms with Crippen LogP contribution in [0.2, 0.25) is 0 Å². The van der Waals surface area contributed by atoms with E-state index in [1.807, 2.05) is 24.3 Å². The molecule has 1 aromatic heterocycles. The summed E-state index contributed by atoms with van der Waals surface area (Å²) in [6.07, 6.45) is 3.75. The fourth-order valence-corrected chi connectivity index (χ4v) is 2.27. The van der Waals surface area contributed by atoms with Gasteiger partial charge in [-0.1, -0.05) is 22.0 Å². The van der Waals surface area contributed by atoms with Crippen molar-refractivity contribution in [1.82, 2.24) is 4.98 Å². The molecule has 3 nitrogen and oxygen atoms in total. The van der Waals surface area contributed by atoms with Crippen molar-refractivity contribution in [2.24, 2.45) is 5.92 Å². The first-order valence-electron chi connectivity index (χ1n) is 5.60. The first-order valence-corrected chi connectivity index (χ1v) is 6.39. The Morgan fingerprint density at radius 2 is 2.18 bits per heavy atom. The normalized spacial score (nSPS) is 14.9. The number of halogens is 1. The molecule has 0 radical (unpaired) electrons. The first-order chi connectivity index (χ1) is 8.25. The van der Waals surface area contributed by atoms with Crippen LogP contribution in [0.25, 0.3) is 10.9 Å². The van der Waals surface area contributed by atoms with E-state index in [0.717, 1.165) is 33.9 Å². The molecule has 1 fully saturated rings. The van der Waals surface area contributed by atoms with Gasteiger partial charge in [-0.15, -0.1) is 0 Å². The van der Waals surface area contributed by atoms with Crippen LogP contribution in [-0.4, -0.2) is 10.9 Å². The molecule has 0 aliphatic heterocycles. The van der Waals surface area contributed by atoms with Gasteiger partial charge in [0.25, 0.3) is 0 Å². The average Bonchev–Trinajstić information content (AvgIpc) is 3.17. The molecule has 1 aliphatic rings. The number of carbonyl (C=O) groups excluding carboxylic acids is 1. The topological polar surface area (TPSA) is 42.0 Å². The summed E-state index contributed by atoms with van der Waals surface area (Å²) in [4.78, 5) is 16.1. The molecule has 86 valence electrons. The van der Waals surface area contributed by atoms with Crippen LogP contribution >= 0.6 is 15.9 Å². The van der Waals surface area contributed by atoms with E-state index >= 15 is 0 Å². The molecule has 0 saturated heterocycles. The van der Waals surface area contributed by atoms with Crippen LogP contribution in [0.3, 0.4) is 0 Å². The lowest BCUT2D eigenvalue weighted by molar-refractivity contribution is -0.117. The molecule has 17 heavy (non-hydrogen) atoms. The quantitative estimate of drug-likeness (QED) is 0.922. The number of nitrogens with zero attached hydrogens (tertiary/aromatic N) is 1. The first kappa shape index (κ1) is 10.7. The Labute approximate surface area is 107 Å². The predicted octanol–water partition coefficient (Wildman–Crippen LogP) is 3.35. The molecular weight excluding hydrogens is 280 g/mol. The zero-order chi connectivity index (χ0) is 11.8. The zero-order valence-corrected chi connectivity index (χ0v) is 10.7. The largest absolute Gasteiger partial charge is 0.324 e. The van der Waals surface area contributed by atoms with Crippen molar-refractivity contribution in [3.8, 4) is 0 Å². The summed E-state index contributed by atoms with van der Waals surface area (Å²) in [6, 6.07) is 7.70. The van der Waals surface area contributed by atoms with Crippen LogP contribution < -0.4 is 5.32 Å². The highest BCUT2D eigenvalue weighted by Gasteiger charge is 2.29. The third-order valence-electron chi connectivity index (χ3n) is 2.92. The molecule has 1 aromatic carbocycles. The van der Waals surface area contributed by atoms with E-state index in [0.29, 0.717) is 0 Å². The maximum absolute atomic E-state index is 11.8. The van der Waals surface area contributed by atoms with Crippen molar-refractivity contribution in [2.75, 3.05) is 5.32 Å². The standard InChI is InChI=1S/C13H11BrN2O/c14-10-5-6-11(16-13(17)8-3-4-8)12-9(10)2-1-7-15-12/h1-2,5-8H,3-4H2,(H,16,17). The lowest BCUT2D eigenvalue weighted by atomic mass is 10.2. The average molecular weight is 291 g/mol. The van der Waals surface area contributed by atoms with Crippen LogP contribution in [-0.2, 0) is 4.79 Å². The van der Waals surface area contributed by atoms with E-state index in [9.17, 15) is 4.79 Å². The smallest absolute Gasteiger partial charge is 0.227 e.